The number of hydrogen-bond donors (Lipinski definition) is 0. The summed E-state index contributed by atoms with van der Waals surface area (Å²) in [7, 11) is 0. The molecular formula is C49H31N7. The van der Waals surface area contributed by atoms with Gasteiger partial charge < -0.3 is 0 Å². The minimum atomic E-state index is 0.452. The highest BCUT2D eigenvalue weighted by Gasteiger charge is 2.18. The molecule has 262 valence electrons. The number of hydrogen-bond acceptors (Lipinski definition) is 7. The SMILES string of the molecule is c1ccc(-c2nc(-c3nc(-c4ccccc4)nc(-c4ccc(-c5nc(-c6ccccc6)nc6ccccc56)cc4)n3)cc(-c3cccc4ccccc34)n2)cc1. The summed E-state index contributed by atoms with van der Waals surface area (Å²) in [6.45, 7) is 0. The normalized spacial score (nSPS) is 11.2. The summed E-state index contributed by atoms with van der Waals surface area (Å²) in [6.07, 6.45) is 0. The van der Waals surface area contributed by atoms with Gasteiger partial charge in [-0.05, 0) is 22.9 Å². The van der Waals surface area contributed by atoms with Crippen LogP contribution in [0.3, 0.4) is 0 Å². The Kier molecular flexibility index (Phi) is 8.35. The first-order chi connectivity index (χ1) is 27.7. The molecule has 0 aliphatic rings. The zero-order valence-electron chi connectivity index (χ0n) is 30.0. The molecule has 0 aliphatic carbocycles. The summed E-state index contributed by atoms with van der Waals surface area (Å²) in [6, 6.07) is 63.0. The Morgan fingerprint density at radius 3 is 1.39 bits per heavy atom. The Bertz CT molecular complexity index is 3000. The topological polar surface area (TPSA) is 90.2 Å². The lowest BCUT2D eigenvalue weighted by molar-refractivity contribution is 1.05. The number of para-hydroxylation sites is 1. The fourth-order valence-electron chi connectivity index (χ4n) is 6.99. The Morgan fingerprint density at radius 1 is 0.268 bits per heavy atom. The standard InChI is InChI=1S/C49H31N7/c1-4-16-34(17-5-1)45-51-42(39-25-14-22-32-15-10-11-23-38(32)39)31-43(52-45)49-55-47(36-20-8-3-9-21-36)54-48(56-49)37-29-27-33(28-30-37)44-40-24-12-13-26-41(40)50-46(53-44)35-18-6-2-7-19-35/h1-31H. The van der Waals surface area contributed by atoms with Gasteiger partial charge in [0.05, 0.1) is 16.9 Å². The van der Waals surface area contributed by atoms with E-state index in [0.29, 0.717) is 34.8 Å². The van der Waals surface area contributed by atoms with E-state index in [2.05, 4.69) is 60.7 Å². The van der Waals surface area contributed by atoms with Gasteiger partial charge in [-0.25, -0.2) is 34.9 Å². The van der Waals surface area contributed by atoms with Crippen LogP contribution < -0.4 is 0 Å². The lowest BCUT2D eigenvalue weighted by Gasteiger charge is -2.12. The minimum Gasteiger partial charge on any atom is -0.228 e. The minimum absolute atomic E-state index is 0.452. The van der Waals surface area contributed by atoms with Gasteiger partial charge in [0.25, 0.3) is 0 Å². The van der Waals surface area contributed by atoms with Gasteiger partial charge in [0.2, 0.25) is 0 Å². The highest BCUT2D eigenvalue weighted by molar-refractivity contribution is 5.96. The highest BCUT2D eigenvalue weighted by Crippen LogP contribution is 2.34. The van der Waals surface area contributed by atoms with Crippen LogP contribution in [-0.2, 0) is 0 Å². The maximum atomic E-state index is 5.10. The van der Waals surface area contributed by atoms with Crippen molar-refractivity contribution in [3.8, 4) is 79.6 Å². The van der Waals surface area contributed by atoms with Crippen LogP contribution in [0.5, 0.6) is 0 Å². The third kappa shape index (κ3) is 6.33. The van der Waals surface area contributed by atoms with E-state index in [1.165, 1.54) is 0 Å². The van der Waals surface area contributed by atoms with Crippen LogP contribution in [0.4, 0.5) is 0 Å². The van der Waals surface area contributed by atoms with Crippen molar-refractivity contribution in [2.75, 3.05) is 0 Å². The molecule has 0 N–H and O–H groups in total. The van der Waals surface area contributed by atoms with Crippen molar-refractivity contribution in [1.82, 2.24) is 34.9 Å². The molecule has 0 bridgehead atoms. The van der Waals surface area contributed by atoms with E-state index in [9.17, 15) is 0 Å². The average Bonchev–Trinajstić information content (AvgIpc) is 3.29. The number of benzene rings is 7. The first kappa shape index (κ1) is 32.8. The van der Waals surface area contributed by atoms with E-state index < -0.39 is 0 Å². The molecule has 0 amide bonds. The van der Waals surface area contributed by atoms with E-state index in [1.807, 2.05) is 127 Å². The predicted molar refractivity (Wildman–Crippen MR) is 224 cm³/mol. The van der Waals surface area contributed by atoms with Crippen molar-refractivity contribution in [3.05, 3.63) is 188 Å². The molecule has 0 unspecified atom stereocenters. The maximum Gasteiger partial charge on any atom is 0.182 e. The molecule has 0 radical (unpaired) electrons. The monoisotopic (exact) mass is 717 g/mol. The van der Waals surface area contributed by atoms with Crippen LogP contribution >= 0.6 is 0 Å². The van der Waals surface area contributed by atoms with E-state index >= 15 is 0 Å². The van der Waals surface area contributed by atoms with Gasteiger partial charge in [0, 0.05) is 38.8 Å². The molecule has 7 nitrogen and oxygen atoms in total. The van der Waals surface area contributed by atoms with Gasteiger partial charge in [-0.3, -0.25) is 0 Å². The smallest absolute Gasteiger partial charge is 0.182 e. The van der Waals surface area contributed by atoms with Crippen molar-refractivity contribution in [2.24, 2.45) is 0 Å². The third-order valence-corrected chi connectivity index (χ3v) is 9.77. The Hall–Kier alpha value is -7.77. The molecule has 3 heterocycles. The van der Waals surface area contributed by atoms with Crippen LogP contribution in [0.25, 0.3) is 101 Å². The van der Waals surface area contributed by atoms with Crippen molar-refractivity contribution in [2.45, 2.75) is 0 Å². The fourth-order valence-corrected chi connectivity index (χ4v) is 6.99. The van der Waals surface area contributed by atoms with Gasteiger partial charge in [-0.15, -0.1) is 0 Å². The van der Waals surface area contributed by atoms with Crippen molar-refractivity contribution < 1.29 is 0 Å². The molecule has 0 aliphatic heterocycles. The lowest BCUT2D eigenvalue weighted by atomic mass is 10.0. The second kappa shape index (κ2) is 14.2. The predicted octanol–water partition coefficient (Wildman–Crippen LogP) is 11.4. The molecule has 0 fully saturated rings. The van der Waals surface area contributed by atoms with E-state index in [4.69, 9.17) is 34.9 Å². The second-order valence-electron chi connectivity index (χ2n) is 13.4. The molecule has 0 atom stereocenters. The largest absolute Gasteiger partial charge is 0.228 e. The van der Waals surface area contributed by atoms with Crippen molar-refractivity contribution in [1.29, 1.82) is 0 Å². The summed E-state index contributed by atoms with van der Waals surface area (Å²) in [4.78, 5) is 35.3. The molecule has 7 heteroatoms. The number of aromatic nitrogens is 7. The van der Waals surface area contributed by atoms with E-state index in [1.54, 1.807) is 0 Å². The van der Waals surface area contributed by atoms with Gasteiger partial charge in [0.15, 0.2) is 29.1 Å². The summed E-state index contributed by atoms with van der Waals surface area (Å²) in [5.41, 5.74) is 8.67. The van der Waals surface area contributed by atoms with E-state index in [-0.39, 0.29) is 0 Å². The van der Waals surface area contributed by atoms with Crippen LogP contribution in [0.1, 0.15) is 0 Å². The molecule has 3 aromatic heterocycles. The average molecular weight is 718 g/mol. The Balaban J connectivity index is 1.12. The molecule has 0 spiro atoms. The van der Waals surface area contributed by atoms with Crippen LogP contribution in [0.15, 0.2) is 188 Å². The Morgan fingerprint density at radius 2 is 0.732 bits per heavy atom. The quantitative estimate of drug-likeness (QED) is 0.162. The molecule has 10 aromatic rings. The van der Waals surface area contributed by atoms with Crippen molar-refractivity contribution in [3.63, 3.8) is 0 Å². The number of rotatable bonds is 7. The van der Waals surface area contributed by atoms with Gasteiger partial charge in [-0.2, -0.15) is 0 Å². The second-order valence-corrected chi connectivity index (χ2v) is 13.4. The van der Waals surface area contributed by atoms with Gasteiger partial charge >= 0.3 is 0 Å². The van der Waals surface area contributed by atoms with Crippen LogP contribution in [-0.4, -0.2) is 34.9 Å². The third-order valence-electron chi connectivity index (χ3n) is 9.77. The summed E-state index contributed by atoms with van der Waals surface area (Å²) >= 11 is 0. The molecule has 10 rings (SSSR count). The lowest BCUT2D eigenvalue weighted by Crippen LogP contribution is -2.03. The van der Waals surface area contributed by atoms with Gasteiger partial charge in [0.1, 0.15) is 5.69 Å². The molecule has 7 aromatic carbocycles. The van der Waals surface area contributed by atoms with E-state index in [0.717, 1.165) is 66.4 Å². The van der Waals surface area contributed by atoms with Crippen LogP contribution in [0, 0.1) is 0 Å². The fraction of sp³-hybridized carbons (Fsp3) is 0. The maximum absolute atomic E-state index is 5.10. The molecule has 56 heavy (non-hydrogen) atoms. The number of fused-ring (bicyclic) bond motifs is 2. The zero-order valence-corrected chi connectivity index (χ0v) is 30.0. The van der Waals surface area contributed by atoms with Crippen LogP contribution in [0.2, 0.25) is 0 Å². The van der Waals surface area contributed by atoms with Crippen molar-refractivity contribution >= 4 is 21.7 Å². The first-order valence-electron chi connectivity index (χ1n) is 18.4. The molecule has 0 saturated heterocycles. The van der Waals surface area contributed by atoms with Gasteiger partial charge in [-0.1, -0.05) is 176 Å². The first-order valence-corrected chi connectivity index (χ1v) is 18.4. The summed E-state index contributed by atoms with van der Waals surface area (Å²) in [5, 5.41) is 3.22. The Labute approximate surface area is 323 Å². The summed E-state index contributed by atoms with van der Waals surface area (Å²) < 4.78 is 0. The molecule has 0 saturated carbocycles. The zero-order chi connectivity index (χ0) is 37.3. The molecular weight excluding hydrogens is 687 g/mol. The highest BCUT2D eigenvalue weighted by atomic mass is 15.1. The number of nitrogens with zero attached hydrogens (tertiary/aromatic N) is 7. The summed E-state index contributed by atoms with van der Waals surface area (Å²) in [5.74, 6) is 2.81.